The van der Waals surface area contributed by atoms with Crippen LogP contribution in [0.25, 0.3) is 0 Å². The molecule has 2 rings (SSSR count). The lowest BCUT2D eigenvalue weighted by atomic mass is 10.2. The number of nitrogens with zero attached hydrogens (tertiary/aromatic N) is 1. The number of hydrogen-bond donors (Lipinski definition) is 1. The minimum Gasteiger partial charge on any atom is -0.397 e. The van der Waals surface area contributed by atoms with E-state index in [1.54, 1.807) is 0 Å². The van der Waals surface area contributed by atoms with Crippen molar-refractivity contribution in [3.8, 4) is 0 Å². The van der Waals surface area contributed by atoms with Gasteiger partial charge in [0.05, 0.1) is 11.4 Å². The van der Waals surface area contributed by atoms with Gasteiger partial charge in [0.15, 0.2) is 0 Å². The molecule has 2 nitrogen and oxygen atoms in total. The van der Waals surface area contributed by atoms with Gasteiger partial charge < -0.3 is 10.6 Å². The second-order valence-corrected chi connectivity index (χ2v) is 6.02. The Bertz CT molecular complexity index is 555. The molecule has 0 aliphatic rings. The molecule has 18 heavy (non-hydrogen) atoms. The third-order valence-electron chi connectivity index (χ3n) is 2.71. The van der Waals surface area contributed by atoms with E-state index in [2.05, 4.69) is 48.9 Å². The Morgan fingerprint density at radius 2 is 1.78 bits per heavy atom. The normalized spacial score (nSPS) is 10.4. The number of nitrogens with two attached hydrogens (primary N) is 1. The van der Waals surface area contributed by atoms with Gasteiger partial charge in [-0.3, -0.25) is 0 Å². The summed E-state index contributed by atoms with van der Waals surface area (Å²) < 4.78 is 2.13. The van der Waals surface area contributed by atoms with Gasteiger partial charge in [0, 0.05) is 22.5 Å². The van der Waals surface area contributed by atoms with Crippen LogP contribution in [0.3, 0.4) is 0 Å². The quantitative estimate of drug-likeness (QED) is 0.811. The Balaban J connectivity index is 2.21. The number of hydrogen-bond acceptors (Lipinski definition) is 2. The first-order valence-corrected chi connectivity index (χ1v) is 7.15. The summed E-state index contributed by atoms with van der Waals surface area (Å²) in [5.74, 6) is 0. The van der Waals surface area contributed by atoms with Crippen LogP contribution in [0, 0.1) is 0 Å². The van der Waals surface area contributed by atoms with Gasteiger partial charge in [-0.2, -0.15) is 0 Å². The molecule has 0 heterocycles. The fourth-order valence-electron chi connectivity index (χ4n) is 1.84. The van der Waals surface area contributed by atoms with Crippen LogP contribution < -0.4 is 10.6 Å². The fourth-order valence-corrected chi connectivity index (χ4v) is 2.64. The van der Waals surface area contributed by atoms with Crippen molar-refractivity contribution in [2.75, 3.05) is 17.7 Å². The monoisotopic (exact) mass is 368 g/mol. The third-order valence-corrected chi connectivity index (χ3v) is 3.70. The van der Waals surface area contributed by atoms with Crippen LogP contribution in [0.1, 0.15) is 5.56 Å². The molecule has 0 spiro atoms. The van der Waals surface area contributed by atoms with E-state index in [1.807, 2.05) is 37.4 Å². The molecule has 0 radical (unpaired) electrons. The fraction of sp³-hybridized carbons (Fsp3) is 0.143. The van der Waals surface area contributed by atoms with Crippen molar-refractivity contribution < 1.29 is 0 Å². The molecular weight excluding hydrogens is 356 g/mol. The van der Waals surface area contributed by atoms with Gasteiger partial charge in [-0.05, 0) is 35.9 Å². The van der Waals surface area contributed by atoms with Gasteiger partial charge in [0.25, 0.3) is 0 Å². The van der Waals surface area contributed by atoms with E-state index in [0.29, 0.717) is 0 Å². The number of nitrogen functional groups attached to an aromatic ring is 1. The van der Waals surface area contributed by atoms with Crippen molar-refractivity contribution in [1.82, 2.24) is 0 Å². The molecule has 0 atom stereocenters. The van der Waals surface area contributed by atoms with Crippen LogP contribution >= 0.6 is 31.9 Å². The van der Waals surface area contributed by atoms with Crippen LogP contribution in [0.4, 0.5) is 11.4 Å². The van der Waals surface area contributed by atoms with Crippen molar-refractivity contribution in [2.45, 2.75) is 6.54 Å². The Morgan fingerprint density at radius 3 is 2.50 bits per heavy atom. The number of anilines is 2. The minimum absolute atomic E-state index is 0.788. The van der Waals surface area contributed by atoms with E-state index in [1.165, 1.54) is 5.56 Å². The maximum atomic E-state index is 6.00. The van der Waals surface area contributed by atoms with Crippen LogP contribution in [-0.2, 0) is 6.54 Å². The first-order chi connectivity index (χ1) is 8.56. The molecule has 2 aromatic carbocycles. The smallest absolute Gasteiger partial charge is 0.0611 e. The second-order valence-electron chi connectivity index (χ2n) is 4.19. The third kappa shape index (κ3) is 3.27. The summed E-state index contributed by atoms with van der Waals surface area (Å²) in [4.78, 5) is 2.14. The Labute approximate surface area is 124 Å². The average Bonchev–Trinajstić information content (AvgIpc) is 2.32. The summed E-state index contributed by atoms with van der Waals surface area (Å²) in [6.07, 6.45) is 0. The molecule has 0 fully saturated rings. The maximum Gasteiger partial charge on any atom is 0.0611 e. The number of benzene rings is 2. The molecule has 2 aromatic rings. The topological polar surface area (TPSA) is 29.3 Å². The average molecular weight is 370 g/mol. The van der Waals surface area contributed by atoms with E-state index in [9.17, 15) is 0 Å². The first-order valence-electron chi connectivity index (χ1n) is 5.57. The number of rotatable bonds is 3. The molecule has 2 N–H and O–H groups in total. The molecule has 0 aromatic heterocycles. The zero-order valence-electron chi connectivity index (χ0n) is 10.0. The standard InChI is InChI=1S/C14H14Br2N2/c1-18(9-10-3-2-4-11(15)7-10)14-8-12(16)5-6-13(14)17/h2-8H,9,17H2,1H3. The first kappa shape index (κ1) is 13.4. The van der Waals surface area contributed by atoms with E-state index in [-0.39, 0.29) is 0 Å². The van der Waals surface area contributed by atoms with Crippen molar-refractivity contribution >= 4 is 43.2 Å². The van der Waals surface area contributed by atoms with E-state index in [4.69, 9.17) is 5.73 Å². The molecular formula is C14H14Br2N2. The van der Waals surface area contributed by atoms with Crippen LogP contribution in [0.2, 0.25) is 0 Å². The molecule has 0 aliphatic carbocycles. The van der Waals surface area contributed by atoms with Crippen molar-refractivity contribution in [3.05, 3.63) is 57.0 Å². The predicted molar refractivity (Wildman–Crippen MR) is 84.8 cm³/mol. The van der Waals surface area contributed by atoms with Gasteiger partial charge in [-0.1, -0.05) is 44.0 Å². The van der Waals surface area contributed by atoms with Crippen LogP contribution in [0.5, 0.6) is 0 Å². The molecule has 0 saturated heterocycles. The Hall–Kier alpha value is -1.00. The highest BCUT2D eigenvalue weighted by Gasteiger charge is 2.07. The van der Waals surface area contributed by atoms with Gasteiger partial charge in [-0.25, -0.2) is 0 Å². The highest BCUT2D eigenvalue weighted by molar-refractivity contribution is 9.10. The largest absolute Gasteiger partial charge is 0.397 e. The SMILES string of the molecule is CN(Cc1cccc(Br)c1)c1cc(Br)ccc1N. The lowest BCUT2D eigenvalue weighted by Crippen LogP contribution is -2.17. The van der Waals surface area contributed by atoms with E-state index in [0.717, 1.165) is 26.9 Å². The summed E-state index contributed by atoms with van der Waals surface area (Å²) in [5, 5.41) is 0. The van der Waals surface area contributed by atoms with Crippen LogP contribution in [0.15, 0.2) is 51.4 Å². The van der Waals surface area contributed by atoms with Crippen molar-refractivity contribution in [3.63, 3.8) is 0 Å². The molecule has 0 saturated carbocycles. The van der Waals surface area contributed by atoms with Gasteiger partial charge >= 0.3 is 0 Å². The van der Waals surface area contributed by atoms with Crippen LogP contribution in [-0.4, -0.2) is 7.05 Å². The summed E-state index contributed by atoms with van der Waals surface area (Å²) >= 11 is 6.96. The highest BCUT2D eigenvalue weighted by Crippen LogP contribution is 2.27. The predicted octanol–water partition coefficient (Wildman–Crippen LogP) is 4.43. The maximum absolute atomic E-state index is 6.00. The summed E-state index contributed by atoms with van der Waals surface area (Å²) in [7, 11) is 2.04. The zero-order valence-corrected chi connectivity index (χ0v) is 13.2. The molecule has 0 aliphatic heterocycles. The van der Waals surface area contributed by atoms with Crippen molar-refractivity contribution in [1.29, 1.82) is 0 Å². The second kappa shape index (κ2) is 5.76. The van der Waals surface area contributed by atoms with Crippen molar-refractivity contribution in [2.24, 2.45) is 0 Å². The number of halogens is 2. The Kier molecular flexibility index (Phi) is 4.30. The summed E-state index contributed by atoms with van der Waals surface area (Å²) in [5.41, 5.74) is 9.06. The molecule has 0 amide bonds. The highest BCUT2D eigenvalue weighted by atomic mass is 79.9. The van der Waals surface area contributed by atoms with E-state index < -0.39 is 0 Å². The zero-order chi connectivity index (χ0) is 13.1. The molecule has 94 valence electrons. The lowest BCUT2D eigenvalue weighted by Gasteiger charge is -2.21. The minimum atomic E-state index is 0.788. The van der Waals surface area contributed by atoms with Gasteiger partial charge in [0.2, 0.25) is 0 Å². The van der Waals surface area contributed by atoms with Gasteiger partial charge in [-0.15, -0.1) is 0 Å². The molecule has 4 heteroatoms. The molecule has 0 unspecified atom stereocenters. The summed E-state index contributed by atoms with van der Waals surface area (Å²) in [6.45, 7) is 0.820. The Morgan fingerprint density at radius 1 is 1.06 bits per heavy atom. The van der Waals surface area contributed by atoms with E-state index >= 15 is 0 Å². The van der Waals surface area contributed by atoms with Gasteiger partial charge in [0.1, 0.15) is 0 Å². The summed E-state index contributed by atoms with van der Waals surface area (Å²) in [6, 6.07) is 14.2. The molecule has 0 bridgehead atoms. The lowest BCUT2D eigenvalue weighted by molar-refractivity contribution is 0.923.